The molecule has 3 aromatic rings. The second kappa shape index (κ2) is 5.47. The van der Waals surface area contributed by atoms with Crippen LogP contribution >= 0.6 is 0 Å². The highest BCUT2D eigenvalue weighted by Crippen LogP contribution is 2.33. The molecule has 0 radical (unpaired) electrons. The quantitative estimate of drug-likeness (QED) is 0.775. The number of hydrogen-bond acceptors (Lipinski definition) is 4. The lowest BCUT2D eigenvalue weighted by Crippen LogP contribution is -2.12. The minimum absolute atomic E-state index is 0.0831. The molecule has 0 fully saturated rings. The third-order valence-electron chi connectivity index (χ3n) is 3.55. The van der Waals surface area contributed by atoms with Crippen LogP contribution in [0.2, 0.25) is 0 Å². The molecule has 0 aliphatic carbocycles. The molecule has 0 spiro atoms. The minimum Gasteiger partial charge on any atom is -0.497 e. The first-order chi connectivity index (χ1) is 10.5. The van der Waals surface area contributed by atoms with Gasteiger partial charge in [0.1, 0.15) is 5.75 Å². The number of aliphatic hydroxyl groups is 1. The van der Waals surface area contributed by atoms with Crippen molar-refractivity contribution in [1.82, 2.24) is 4.98 Å². The number of aromatic amines is 1. The van der Waals surface area contributed by atoms with E-state index in [-0.39, 0.29) is 4.90 Å². The highest BCUT2D eigenvalue weighted by Gasteiger charge is 2.28. The van der Waals surface area contributed by atoms with Gasteiger partial charge in [0.15, 0.2) is 5.44 Å². The summed E-state index contributed by atoms with van der Waals surface area (Å²) < 4.78 is 30.2. The van der Waals surface area contributed by atoms with E-state index in [9.17, 15) is 13.5 Å². The lowest BCUT2D eigenvalue weighted by Gasteiger charge is -2.11. The molecule has 1 heterocycles. The van der Waals surface area contributed by atoms with Crippen LogP contribution in [-0.2, 0) is 9.84 Å². The molecule has 0 saturated carbocycles. The van der Waals surface area contributed by atoms with Crippen molar-refractivity contribution >= 4 is 20.7 Å². The standard InChI is InChI=1S/C16H15NO4S/c1-21-11-7-8-15-13(9-11)14(10-17-15)16(18)22(19,20)12-5-3-2-4-6-12/h2-10,16-18H,1H3. The molecule has 0 aliphatic rings. The van der Waals surface area contributed by atoms with E-state index in [4.69, 9.17) is 4.74 Å². The number of fused-ring (bicyclic) bond motifs is 1. The summed E-state index contributed by atoms with van der Waals surface area (Å²) in [7, 11) is -2.35. The second-order valence-electron chi connectivity index (χ2n) is 4.87. The first-order valence-corrected chi connectivity index (χ1v) is 8.20. The third-order valence-corrected chi connectivity index (χ3v) is 5.32. The van der Waals surface area contributed by atoms with Crippen molar-refractivity contribution in [3.8, 4) is 5.75 Å². The maximum absolute atomic E-state index is 12.5. The summed E-state index contributed by atoms with van der Waals surface area (Å²) in [6, 6.07) is 13.1. The minimum atomic E-state index is -3.88. The Kier molecular flexibility index (Phi) is 3.64. The molecule has 0 amide bonds. The zero-order valence-electron chi connectivity index (χ0n) is 11.9. The van der Waals surface area contributed by atoms with E-state index in [1.54, 1.807) is 36.4 Å². The summed E-state index contributed by atoms with van der Waals surface area (Å²) >= 11 is 0. The second-order valence-corrected chi connectivity index (χ2v) is 6.87. The predicted octanol–water partition coefficient (Wildman–Crippen LogP) is 2.64. The van der Waals surface area contributed by atoms with Gasteiger partial charge in [-0.15, -0.1) is 0 Å². The normalized spacial score (nSPS) is 13.2. The van der Waals surface area contributed by atoms with E-state index in [1.165, 1.54) is 25.4 Å². The van der Waals surface area contributed by atoms with Gasteiger partial charge in [0.25, 0.3) is 0 Å². The Balaban J connectivity index is 2.11. The first kappa shape index (κ1) is 14.6. The summed E-state index contributed by atoms with van der Waals surface area (Å²) in [5.74, 6) is 0.595. The summed E-state index contributed by atoms with van der Waals surface area (Å²) in [5, 5.41) is 11.0. The Labute approximate surface area is 128 Å². The fraction of sp³-hybridized carbons (Fsp3) is 0.125. The highest BCUT2D eigenvalue weighted by molar-refractivity contribution is 7.91. The number of nitrogens with one attached hydrogen (secondary N) is 1. The lowest BCUT2D eigenvalue weighted by molar-refractivity contribution is 0.256. The molecule has 2 aromatic carbocycles. The molecule has 22 heavy (non-hydrogen) atoms. The number of methoxy groups -OCH3 is 1. The molecule has 5 nitrogen and oxygen atoms in total. The maximum Gasteiger partial charge on any atom is 0.209 e. The number of rotatable bonds is 4. The molecule has 0 bridgehead atoms. The van der Waals surface area contributed by atoms with Crippen LogP contribution < -0.4 is 4.74 Å². The molecule has 0 saturated heterocycles. The number of aliphatic hydroxyl groups excluding tert-OH is 1. The Hall–Kier alpha value is -2.31. The van der Waals surface area contributed by atoms with Crippen LogP contribution in [0.5, 0.6) is 5.75 Å². The molecular formula is C16H15NO4S. The Morgan fingerprint density at radius 2 is 1.86 bits per heavy atom. The Morgan fingerprint density at radius 1 is 1.14 bits per heavy atom. The van der Waals surface area contributed by atoms with Crippen LogP contribution in [0.15, 0.2) is 59.6 Å². The maximum atomic E-state index is 12.5. The number of ether oxygens (including phenoxy) is 1. The van der Waals surface area contributed by atoms with Gasteiger partial charge < -0.3 is 14.8 Å². The van der Waals surface area contributed by atoms with Crippen molar-refractivity contribution in [2.45, 2.75) is 10.3 Å². The summed E-state index contributed by atoms with van der Waals surface area (Å²) in [4.78, 5) is 3.05. The molecule has 2 N–H and O–H groups in total. The predicted molar refractivity (Wildman–Crippen MR) is 83.4 cm³/mol. The van der Waals surface area contributed by atoms with Gasteiger partial charge in [0.05, 0.1) is 12.0 Å². The van der Waals surface area contributed by atoms with Gasteiger partial charge in [-0.1, -0.05) is 18.2 Å². The Morgan fingerprint density at radius 3 is 2.55 bits per heavy atom. The first-order valence-electron chi connectivity index (χ1n) is 6.66. The van der Waals surface area contributed by atoms with Gasteiger partial charge in [-0.3, -0.25) is 0 Å². The summed E-state index contributed by atoms with van der Waals surface area (Å²) in [6.45, 7) is 0. The van der Waals surface area contributed by atoms with Crippen molar-refractivity contribution in [2.24, 2.45) is 0 Å². The number of sulfone groups is 1. The van der Waals surface area contributed by atoms with Gasteiger partial charge in [-0.05, 0) is 30.3 Å². The smallest absolute Gasteiger partial charge is 0.209 e. The zero-order valence-corrected chi connectivity index (χ0v) is 12.7. The van der Waals surface area contributed by atoms with E-state index in [1.807, 2.05) is 0 Å². The SMILES string of the molecule is COc1ccc2[nH]cc(C(O)S(=O)(=O)c3ccccc3)c2c1. The van der Waals surface area contributed by atoms with Crippen molar-refractivity contribution in [1.29, 1.82) is 0 Å². The monoisotopic (exact) mass is 317 g/mol. The number of H-pyrrole nitrogens is 1. The van der Waals surface area contributed by atoms with Gasteiger partial charge in [0, 0.05) is 22.7 Å². The van der Waals surface area contributed by atoms with Crippen molar-refractivity contribution < 1.29 is 18.3 Å². The molecule has 114 valence electrons. The van der Waals surface area contributed by atoms with Crippen molar-refractivity contribution in [3.05, 3.63) is 60.3 Å². The van der Waals surface area contributed by atoms with Gasteiger partial charge in [-0.2, -0.15) is 0 Å². The zero-order chi connectivity index (χ0) is 15.7. The third kappa shape index (κ3) is 2.36. The fourth-order valence-corrected chi connectivity index (χ4v) is 3.68. The van der Waals surface area contributed by atoms with Gasteiger partial charge >= 0.3 is 0 Å². The highest BCUT2D eigenvalue weighted by atomic mass is 32.2. The Bertz CT molecular complexity index is 900. The number of benzene rings is 2. The van der Waals surface area contributed by atoms with Crippen LogP contribution in [0.3, 0.4) is 0 Å². The topological polar surface area (TPSA) is 79.4 Å². The lowest BCUT2D eigenvalue weighted by atomic mass is 10.2. The van der Waals surface area contributed by atoms with Gasteiger partial charge in [-0.25, -0.2) is 8.42 Å². The van der Waals surface area contributed by atoms with E-state index in [0.717, 1.165) is 5.52 Å². The van der Waals surface area contributed by atoms with Crippen LogP contribution in [-0.4, -0.2) is 25.6 Å². The van der Waals surface area contributed by atoms with E-state index >= 15 is 0 Å². The summed E-state index contributed by atoms with van der Waals surface area (Å²) in [5.41, 5.74) is -0.605. The number of aromatic nitrogens is 1. The fourth-order valence-electron chi connectivity index (χ4n) is 2.36. The molecule has 3 rings (SSSR count). The largest absolute Gasteiger partial charge is 0.497 e. The van der Waals surface area contributed by atoms with Crippen LogP contribution in [0.4, 0.5) is 0 Å². The van der Waals surface area contributed by atoms with Crippen molar-refractivity contribution in [2.75, 3.05) is 7.11 Å². The molecule has 6 heteroatoms. The molecule has 1 aromatic heterocycles. The molecule has 1 atom stereocenters. The van der Waals surface area contributed by atoms with E-state index < -0.39 is 15.3 Å². The molecular weight excluding hydrogens is 302 g/mol. The van der Waals surface area contributed by atoms with Crippen LogP contribution in [0, 0.1) is 0 Å². The molecule has 1 unspecified atom stereocenters. The average molecular weight is 317 g/mol. The van der Waals surface area contributed by atoms with Crippen LogP contribution in [0.25, 0.3) is 10.9 Å². The average Bonchev–Trinajstić information content (AvgIpc) is 2.97. The number of hydrogen-bond donors (Lipinski definition) is 2. The van der Waals surface area contributed by atoms with E-state index in [0.29, 0.717) is 16.7 Å². The molecule has 0 aliphatic heterocycles. The van der Waals surface area contributed by atoms with Crippen molar-refractivity contribution in [3.63, 3.8) is 0 Å². The van der Waals surface area contributed by atoms with Gasteiger partial charge in [0.2, 0.25) is 9.84 Å². The van der Waals surface area contributed by atoms with E-state index in [2.05, 4.69) is 4.98 Å². The van der Waals surface area contributed by atoms with Crippen LogP contribution in [0.1, 0.15) is 11.0 Å². The summed E-state index contributed by atoms with van der Waals surface area (Å²) in [6.07, 6.45) is 1.51.